The van der Waals surface area contributed by atoms with Gasteiger partial charge in [0, 0.05) is 17.6 Å². The molecule has 0 aliphatic rings. The highest BCUT2D eigenvalue weighted by Gasteiger charge is 2.21. The van der Waals surface area contributed by atoms with Crippen LogP contribution in [-0.2, 0) is 0 Å². The molecule has 0 saturated heterocycles. The van der Waals surface area contributed by atoms with Crippen LogP contribution in [0.3, 0.4) is 0 Å². The van der Waals surface area contributed by atoms with Crippen LogP contribution in [-0.4, -0.2) is 14.6 Å². The summed E-state index contributed by atoms with van der Waals surface area (Å²) < 4.78 is 1.39. The Hall–Kier alpha value is -2.77. The van der Waals surface area contributed by atoms with Crippen molar-refractivity contribution in [1.82, 2.24) is 9.66 Å². The summed E-state index contributed by atoms with van der Waals surface area (Å²) in [5.74, 6) is 0. The molecular weight excluding hydrogens is 260 g/mol. The van der Waals surface area contributed by atoms with Crippen molar-refractivity contribution < 1.29 is 10.1 Å². The van der Waals surface area contributed by atoms with Gasteiger partial charge in [-0.3, -0.25) is 15.1 Å². The summed E-state index contributed by atoms with van der Waals surface area (Å²) >= 11 is 0. The molecule has 1 unspecified atom stereocenters. The Morgan fingerprint density at radius 3 is 2.80 bits per heavy atom. The largest absolute Gasteiger partial charge is 0.602 e. The summed E-state index contributed by atoms with van der Waals surface area (Å²) in [5, 5.41) is 23.9. The van der Waals surface area contributed by atoms with Crippen molar-refractivity contribution in [3.8, 4) is 0 Å². The van der Waals surface area contributed by atoms with Gasteiger partial charge in [-0.1, -0.05) is 18.2 Å². The first kappa shape index (κ1) is 12.3. The van der Waals surface area contributed by atoms with Crippen LogP contribution in [0.15, 0.2) is 55.0 Å². The van der Waals surface area contributed by atoms with E-state index in [1.54, 1.807) is 18.3 Å². The Balaban J connectivity index is 2.13. The topological polar surface area (TPSA) is 88.5 Å². The van der Waals surface area contributed by atoms with E-state index < -0.39 is 10.1 Å². The lowest BCUT2D eigenvalue weighted by molar-refractivity contribution is -0.826. The summed E-state index contributed by atoms with van der Waals surface area (Å²) in [7, 11) is 0. The van der Waals surface area contributed by atoms with Crippen LogP contribution in [0.4, 0.5) is 11.4 Å². The van der Waals surface area contributed by atoms with Gasteiger partial charge in [-0.2, -0.15) is 4.68 Å². The van der Waals surface area contributed by atoms with E-state index in [1.165, 1.54) is 23.1 Å². The first-order valence-electron chi connectivity index (χ1n) is 5.87. The minimum atomic E-state index is -0.583. The second-order valence-electron chi connectivity index (χ2n) is 4.20. The van der Waals surface area contributed by atoms with E-state index >= 15 is 0 Å². The van der Waals surface area contributed by atoms with Crippen molar-refractivity contribution in [2.45, 2.75) is 0 Å². The average molecular weight is 270 g/mol. The number of rotatable bonds is 3. The third-order valence-electron chi connectivity index (χ3n) is 3.04. The Morgan fingerprint density at radius 2 is 2.00 bits per heavy atom. The molecule has 2 aromatic heterocycles. The molecule has 100 valence electrons. The SMILES string of the molecule is O=[N+]([O-])c1ccncc1[NH+]([O-])n1ccc2ccccc21. The number of nitrogens with one attached hydrogen (secondary N) is 1. The molecule has 20 heavy (non-hydrogen) atoms. The van der Waals surface area contributed by atoms with Crippen molar-refractivity contribution in [2.75, 3.05) is 0 Å². The predicted octanol–water partition coefficient (Wildman–Crippen LogP) is 1.42. The van der Waals surface area contributed by atoms with Gasteiger partial charge in [0.2, 0.25) is 0 Å². The number of aromatic nitrogens is 2. The zero-order valence-electron chi connectivity index (χ0n) is 10.3. The summed E-state index contributed by atoms with van der Waals surface area (Å²) in [6.07, 6.45) is 4.11. The van der Waals surface area contributed by atoms with E-state index in [1.807, 2.05) is 18.2 Å². The maximum atomic E-state index is 12.5. The quantitative estimate of drug-likeness (QED) is 0.576. The fourth-order valence-electron chi connectivity index (χ4n) is 2.10. The highest BCUT2D eigenvalue weighted by Crippen LogP contribution is 2.19. The fourth-order valence-corrected chi connectivity index (χ4v) is 2.10. The van der Waals surface area contributed by atoms with Gasteiger partial charge < -0.3 is 5.21 Å². The molecular formula is C13H10N4O3. The summed E-state index contributed by atoms with van der Waals surface area (Å²) in [6.45, 7) is 0. The molecule has 0 fully saturated rings. The molecule has 2 heterocycles. The van der Waals surface area contributed by atoms with E-state index in [-0.39, 0.29) is 11.4 Å². The molecule has 0 aliphatic carbocycles. The molecule has 3 rings (SSSR count). The third-order valence-corrected chi connectivity index (χ3v) is 3.04. The number of benzene rings is 1. The molecule has 0 saturated carbocycles. The van der Waals surface area contributed by atoms with Crippen LogP contribution < -0.4 is 5.17 Å². The van der Waals surface area contributed by atoms with Gasteiger partial charge in [0.05, 0.1) is 17.3 Å². The second-order valence-corrected chi connectivity index (χ2v) is 4.20. The van der Waals surface area contributed by atoms with Gasteiger partial charge in [0.1, 0.15) is 5.52 Å². The standard InChI is InChI=1S/C13H10N4O3/c18-16(13-9-14-7-5-12(13)17(19)20)15-8-6-10-3-1-2-4-11(10)15/h1-9,16H. The molecule has 1 N–H and O–H groups in total. The van der Waals surface area contributed by atoms with Gasteiger partial charge in [-0.25, -0.2) is 5.17 Å². The van der Waals surface area contributed by atoms with Crippen LogP contribution in [0, 0.1) is 15.3 Å². The van der Waals surface area contributed by atoms with Gasteiger partial charge in [0.25, 0.3) is 5.69 Å². The maximum absolute atomic E-state index is 12.5. The van der Waals surface area contributed by atoms with E-state index in [2.05, 4.69) is 4.98 Å². The number of hydrogen-bond acceptors (Lipinski definition) is 4. The maximum Gasteiger partial charge on any atom is 0.335 e. The van der Waals surface area contributed by atoms with Crippen molar-refractivity contribution >= 4 is 22.3 Å². The number of pyridine rings is 1. The summed E-state index contributed by atoms with van der Waals surface area (Å²) in [6, 6.07) is 10.3. The molecule has 7 nitrogen and oxygen atoms in total. The summed E-state index contributed by atoms with van der Waals surface area (Å²) in [4.78, 5) is 14.2. The van der Waals surface area contributed by atoms with Crippen LogP contribution in [0.2, 0.25) is 0 Å². The molecule has 7 heteroatoms. The lowest BCUT2D eigenvalue weighted by atomic mass is 10.3. The molecule has 3 aromatic rings. The smallest absolute Gasteiger partial charge is 0.335 e. The number of nitro groups is 1. The van der Waals surface area contributed by atoms with Crippen LogP contribution >= 0.6 is 0 Å². The van der Waals surface area contributed by atoms with Gasteiger partial charge in [-0.15, -0.1) is 0 Å². The molecule has 0 spiro atoms. The Morgan fingerprint density at radius 1 is 1.20 bits per heavy atom. The molecule has 0 amide bonds. The molecule has 0 aliphatic heterocycles. The van der Waals surface area contributed by atoms with E-state index in [9.17, 15) is 15.3 Å². The van der Waals surface area contributed by atoms with E-state index in [0.29, 0.717) is 5.52 Å². The number of nitrogens with zero attached hydrogens (tertiary/aromatic N) is 3. The molecule has 0 bridgehead atoms. The molecule has 1 aromatic carbocycles. The number of para-hydroxylation sites is 1. The van der Waals surface area contributed by atoms with Crippen molar-refractivity contribution in [1.29, 1.82) is 0 Å². The van der Waals surface area contributed by atoms with Gasteiger partial charge in [0.15, 0.2) is 0 Å². The van der Waals surface area contributed by atoms with E-state index in [0.717, 1.165) is 5.39 Å². The Labute approximate surface area is 113 Å². The number of quaternary nitrogens is 1. The van der Waals surface area contributed by atoms with Gasteiger partial charge in [-0.05, 0) is 12.1 Å². The average Bonchev–Trinajstić information content (AvgIpc) is 2.90. The monoisotopic (exact) mass is 270 g/mol. The highest BCUT2D eigenvalue weighted by molar-refractivity contribution is 5.79. The zero-order valence-corrected chi connectivity index (χ0v) is 10.3. The Kier molecular flexibility index (Phi) is 2.90. The van der Waals surface area contributed by atoms with Gasteiger partial charge >= 0.3 is 5.69 Å². The first-order chi connectivity index (χ1) is 9.68. The van der Waals surface area contributed by atoms with Crippen LogP contribution in [0.1, 0.15) is 0 Å². The lowest BCUT2D eigenvalue weighted by Gasteiger charge is -2.22. The van der Waals surface area contributed by atoms with Crippen molar-refractivity contribution in [2.24, 2.45) is 0 Å². The van der Waals surface area contributed by atoms with E-state index in [4.69, 9.17) is 0 Å². The fraction of sp³-hybridized carbons (Fsp3) is 0. The minimum Gasteiger partial charge on any atom is -0.602 e. The Bertz CT molecular complexity index is 784. The lowest BCUT2D eigenvalue weighted by Crippen LogP contribution is -3.04. The number of fused-ring (bicyclic) bond motifs is 1. The normalized spacial score (nSPS) is 12.4. The number of hydrogen-bond donors (Lipinski definition) is 1. The van der Waals surface area contributed by atoms with Crippen LogP contribution in [0.5, 0.6) is 0 Å². The minimum absolute atomic E-state index is 0.0288. The third kappa shape index (κ3) is 1.91. The summed E-state index contributed by atoms with van der Waals surface area (Å²) in [5.41, 5.74) is 0.428. The molecule has 1 atom stereocenters. The van der Waals surface area contributed by atoms with Crippen LogP contribution in [0.25, 0.3) is 10.9 Å². The van der Waals surface area contributed by atoms with Crippen molar-refractivity contribution in [3.63, 3.8) is 0 Å². The second kappa shape index (κ2) is 4.72. The zero-order chi connectivity index (χ0) is 14.1. The first-order valence-corrected chi connectivity index (χ1v) is 5.87. The van der Waals surface area contributed by atoms with Crippen molar-refractivity contribution in [3.05, 3.63) is 70.3 Å². The molecule has 0 radical (unpaired) electrons. The predicted molar refractivity (Wildman–Crippen MR) is 72.2 cm³/mol. The highest BCUT2D eigenvalue weighted by atomic mass is 16.6.